The summed E-state index contributed by atoms with van der Waals surface area (Å²) in [7, 11) is 1.69. The van der Waals surface area contributed by atoms with E-state index in [1.165, 1.54) is 5.56 Å². The zero-order chi connectivity index (χ0) is 19.4. The zero-order valence-electron chi connectivity index (χ0n) is 16.7. The third-order valence-corrected chi connectivity index (χ3v) is 4.14. The summed E-state index contributed by atoms with van der Waals surface area (Å²) in [5.74, 6) is 1.32. The number of thioether (sulfide) groups is 1. The molecule has 0 unspecified atom stereocenters. The second-order valence-corrected chi connectivity index (χ2v) is 6.86. The molecule has 0 radical (unpaired) electrons. The molecule has 0 bridgehead atoms. The Hall–Kier alpha value is -1.81. The molecule has 0 aromatic heterocycles. The van der Waals surface area contributed by atoms with Crippen molar-refractivity contribution >= 4 is 11.8 Å². The first-order valence-electron chi connectivity index (χ1n) is 8.58. The molecule has 0 N–H and O–H groups in total. The van der Waals surface area contributed by atoms with Crippen molar-refractivity contribution in [2.24, 2.45) is 5.18 Å². The molecular weight excluding hydrogens is 330 g/mol. The lowest BCUT2D eigenvalue weighted by atomic mass is 10.0. The zero-order valence-corrected chi connectivity index (χ0v) is 17.5. The van der Waals surface area contributed by atoms with Crippen molar-refractivity contribution < 1.29 is 4.74 Å². The fraction of sp³-hybridized carbons (Fsp3) is 0.429. The van der Waals surface area contributed by atoms with Gasteiger partial charge in [-0.1, -0.05) is 45.0 Å². The molecule has 0 aliphatic rings. The molecular formula is C21H31NO2S. The molecule has 1 aromatic carbocycles. The van der Waals surface area contributed by atoms with E-state index in [9.17, 15) is 4.91 Å². The molecule has 3 nitrogen and oxygen atoms in total. The van der Waals surface area contributed by atoms with Gasteiger partial charge in [0, 0.05) is 4.90 Å². The summed E-state index contributed by atoms with van der Waals surface area (Å²) in [5, 5.41) is 5.07. The van der Waals surface area contributed by atoms with Crippen LogP contribution in [0.25, 0.3) is 0 Å². The highest BCUT2D eigenvalue weighted by Crippen LogP contribution is 2.32. The molecule has 0 heterocycles. The Morgan fingerprint density at radius 3 is 2.28 bits per heavy atom. The van der Waals surface area contributed by atoms with Crippen LogP contribution in [-0.4, -0.2) is 7.11 Å². The summed E-state index contributed by atoms with van der Waals surface area (Å²) in [6.07, 6.45) is 3.57. The van der Waals surface area contributed by atoms with Crippen LogP contribution in [0.4, 0.5) is 0 Å². The normalized spacial score (nSPS) is 11.6. The summed E-state index contributed by atoms with van der Waals surface area (Å²) in [5.41, 5.74) is 3.67. The number of methoxy groups -OCH3 is 1. The van der Waals surface area contributed by atoms with Gasteiger partial charge in [0.2, 0.25) is 0 Å². The Bertz CT molecular complexity index is 639. The Labute approximate surface area is 157 Å². The average Bonchev–Trinajstić information content (AvgIpc) is 2.60. The van der Waals surface area contributed by atoms with Crippen LogP contribution in [0.5, 0.6) is 5.75 Å². The largest absolute Gasteiger partial charge is 0.496 e. The molecule has 4 heteroatoms. The molecule has 0 amide bonds. The van der Waals surface area contributed by atoms with Gasteiger partial charge in [-0.3, -0.25) is 0 Å². The summed E-state index contributed by atoms with van der Waals surface area (Å²) in [6.45, 7) is 14.1. The lowest BCUT2D eigenvalue weighted by Crippen LogP contribution is -1.94. The summed E-state index contributed by atoms with van der Waals surface area (Å²) in [4.78, 5) is 12.0. The lowest BCUT2D eigenvalue weighted by molar-refractivity contribution is 0.407. The Morgan fingerprint density at radius 1 is 1.16 bits per heavy atom. The Balaban J connectivity index is 0.00000277. The van der Waals surface area contributed by atoms with Crippen molar-refractivity contribution in [1.82, 2.24) is 0 Å². The van der Waals surface area contributed by atoms with Crippen LogP contribution in [0.3, 0.4) is 0 Å². The topological polar surface area (TPSA) is 38.7 Å². The van der Waals surface area contributed by atoms with E-state index in [-0.39, 0.29) is 0 Å². The molecule has 0 aliphatic carbocycles. The molecule has 0 saturated carbocycles. The van der Waals surface area contributed by atoms with E-state index >= 15 is 0 Å². The van der Waals surface area contributed by atoms with Gasteiger partial charge in [-0.25, -0.2) is 0 Å². The first-order valence-corrected chi connectivity index (χ1v) is 9.46. The monoisotopic (exact) mass is 361 g/mol. The van der Waals surface area contributed by atoms with Crippen molar-refractivity contribution in [1.29, 1.82) is 0 Å². The van der Waals surface area contributed by atoms with Crippen LogP contribution in [0.1, 0.15) is 59.9 Å². The standard InChI is InChI=1S/C19H25NO2S.C2H6/c1-13(2)9-16(20-21)10-15(5)12-23-17-7-8-19(22-6)18(11-17)14(3)4;1-2/h7-12,14H,1-6H3;1-2H3/b15-12+,16-10+;. The SMILES string of the molecule is CC.COc1ccc(S/C=C(C)/C=C(\C=C(C)C)N=O)cc1C(C)C. The second kappa shape index (κ2) is 12.5. The Kier molecular flexibility index (Phi) is 11.6. The van der Waals surface area contributed by atoms with Gasteiger partial charge in [0.25, 0.3) is 0 Å². The number of allylic oxidation sites excluding steroid dienone is 4. The highest BCUT2D eigenvalue weighted by atomic mass is 32.2. The molecule has 1 aromatic rings. The van der Waals surface area contributed by atoms with Crippen molar-refractivity contribution in [3.8, 4) is 5.75 Å². The number of rotatable bonds is 7. The summed E-state index contributed by atoms with van der Waals surface area (Å²) in [6, 6.07) is 6.19. The molecule has 138 valence electrons. The van der Waals surface area contributed by atoms with Crippen LogP contribution in [-0.2, 0) is 0 Å². The van der Waals surface area contributed by atoms with Gasteiger partial charge in [0.15, 0.2) is 0 Å². The first kappa shape index (κ1) is 23.2. The van der Waals surface area contributed by atoms with E-state index in [4.69, 9.17) is 4.74 Å². The van der Waals surface area contributed by atoms with Crippen LogP contribution in [0.15, 0.2) is 62.7 Å². The van der Waals surface area contributed by atoms with Gasteiger partial charge >= 0.3 is 0 Å². The predicted molar refractivity (Wildman–Crippen MR) is 111 cm³/mol. The lowest BCUT2D eigenvalue weighted by Gasteiger charge is -2.12. The van der Waals surface area contributed by atoms with Crippen LogP contribution in [0, 0.1) is 4.91 Å². The smallest absolute Gasteiger partial charge is 0.122 e. The highest BCUT2D eigenvalue weighted by Gasteiger charge is 2.08. The van der Waals surface area contributed by atoms with Crippen molar-refractivity contribution in [2.75, 3.05) is 7.11 Å². The maximum absolute atomic E-state index is 10.8. The summed E-state index contributed by atoms with van der Waals surface area (Å²) < 4.78 is 5.40. The fourth-order valence-corrected chi connectivity index (χ4v) is 2.79. The van der Waals surface area contributed by atoms with Gasteiger partial charge in [-0.15, -0.1) is 4.91 Å². The number of hydrogen-bond acceptors (Lipinski definition) is 4. The first-order chi connectivity index (χ1) is 11.9. The maximum Gasteiger partial charge on any atom is 0.122 e. The van der Waals surface area contributed by atoms with E-state index in [0.29, 0.717) is 11.6 Å². The Morgan fingerprint density at radius 2 is 1.80 bits per heavy atom. The fourth-order valence-electron chi connectivity index (χ4n) is 2.06. The van der Waals surface area contributed by atoms with Gasteiger partial charge in [0.1, 0.15) is 11.4 Å². The minimum Gasteiger partial charge on any atom is -0.496 e. The molecule has 0 aliphatic heterocycles. The number of benzene rings is 1. The average molecular weight is 362 g/mol. The van der Waals surface area contributed by atoms with Crippen molar-refractivity contribution in [3.05, 3.63) is 63.1 Å². The molecule has 1 rings (SSSR count). The molecule has 0 saturated heterocycles. The van der Waals surface area contributed by atoms with Gasteiger partial charge < -0.3 is 4.74 Å². The van der Waals surface area contributed by atoms with Crippen LogP contribution >= 0.6 is 11.8 Å². The third-order valence-electron chi connectivity index (χ3n) is 3.12. The molecule has 0 spiro atoms. The van der Waals surface area contributed by atoms with Crippen molar-refractivity contribution in [3.63, 3.8) is 0 Å². The number of hydrogen-bond donors (Lipinski definition) is 0. The van der Waals surface area contributed by atoms with E-state index < -0.39 is 0 Å². The number of nitroso groups, excluding NO2 is 1. The van der Waals surface area contributed by atoms with Gasteiger partial charge in [-0.2, -0.15) is 0 Å². The van der Waals surface area contributed by atoms with Crippen LogP contribution in [0.2, 0.25) is 0 Å². The van der Waals surface area contributed by atoms with Crippen LogP contribution < -0.4 is 4.74 Å². The minimum absolute atomic E-state index is 0.402. The third kappa shape index (κ3) is 8.73. The van der Waals surface area contributed by atoms with E-state index in [1.807, 2.05) is 52.2 Å². The predicted octanol–water partition coefficient (Wildman–Crippen LogP) is 7.46. The molecule has 25 heavy (non-hydrogen) atoms. The second-order valence-electron chi connectivity index (χ2n) is 5.92. The maximum atomic E-state index is 10.8. The molecule has 0 atom stereocenters. The van der Waals surface area contributed by atoms with E-state index in [1.54, 1.807) is 31.0 Å². The number of nitrogens with zero attached hydrogens (tertiary/aromatic N) is 1. The van der Waals surface area contributed by atoms with E-state index in [0.717, 1.165) is 21.8 Å². The number of ether oxygens (including phenoxy) is 1. The summed E-state index contributed by atoms with van der Waals surface area (Å²) >= 11 is 1.62. The minimum atomic E-state index is 0.402. The highest BCUT2D eigenvalue weighted by molar-refractivity contribution is 8.02. The van der Waals surface area contributed by atoms with Gasteiger partial charge in [-0.05, 0) is 78.8 Å². The van der Waals surface area contributed by atoms with E-state index in [2.05, 4.69) is 25.1 Å². The quantitative estimate of drug-likeness (QED) is 0.287. The molecule has 0 fully saturated rings. The van der Waals surface area contributed by atoms with Crippen molar-refractivity contribution in [2.45, 2.75) is 59.3 Å². The van der Waals surface area contributed by atoms with Gasteiger partial charge in [0.05, 0.1) is 7.11 Å².